The van der Waals surface area contributed by atoms with Crippen LogP contribution in [0, 0.1) is 0 Å². The summed E-state index contributed by atoms with van der Waals surface area (Å²) in [6.07, 6.45) is -2.53. The molecule has 6 nitrogen and oxygen atoms in total. The number of alkyl halides is 3. The Morgan fingerprint density at radius 1 is 1.07 bits per heavy atom. The van der Waals surface area contributed by atoms with Gasteiger partial charge in [0.1, 0.15) is 6.61 Å². The van der Waals surface area contributed by atoms with Crippen LogP contribution in [0.15, 0.2) is 29.3 Å². The number of aryl methyl sites for hydroxylation is 2. The Kier molecular flexibility index (Phi) is 8.71. The Hall–Kier alpha value is -2.55. The highest BCUT2D eigenvalue weighted by Gasteiger charge is 2.27. The van der Waals surface area contributed by atoms with E-state index < -0.39 is 12.8 Å². The highest BCUT2D eigenvalue weighted by molar-refractivity contribution is 5.79. The number of halogens is 3. The summed E-state index contributed by atoms with van der Waals surface area (Å²) in [5.41, 5.74) is 5.18. The lowest BCUT2D eigenvalue weighted by Gasteiger charge is -2.13. The largest absolute Gasteiger partial charge is 0.411 e. The Balaban J connectivity index is 1.86. The van der Waals surface area contributed by atoms with Gasteiger partial charge in [-0.3, -0.25) is 9.67 Å². The van der Waals surface area contributed by atoms with Crippen molar-refractivity contribution in [2.75, 3.05) is 13.7 Å². The van der Waals surface area contributed by atoms with Gasteiger partial charge in [-0.1, -0.05) is 38.1 Å². The van der Waals surface area contributed by atoms with Crippen molar-refractivity contribution in [1.29, 1.82) is 0 Å². The van der Waals surface area contributed by atoms with Crippen molar-refractivity contribution in [3.8, 4) is 0 Å². The molecule has 2 N–H and O–H groups in total. The lowest BCUT2D eigenvalue weighted by atomic mass is 10.1. The maximum atomic E-state index is 12.1. The Bertz CT molecular complexity index is 828. The van der Waals surface area contributed by atoms with Gasteiger partial charge in [-0.15, -0.1) is 0 Å². The summed E-state index contributed by atoms with van der Waals surface area (Å²) >= 11 is 0. The second-order valence-electron chi connectivity index (χ2n) is 6.91. The quantitative estimate of drug-likeness (QED) is 0.477. The smallest absolute Gasteiger partial charge is 0.367 e. The van der Waals surface area contributed by atoms with E-state index in [2.05, 4.69) is 39.3 Å². The maximum absolute atomic E-state index is 12.1. The van der Waals surface area contributed by atoms with Gasteiger partial charge in [0.25, 0.3) is 0 Å². The predicted molar refractivity (Wildman–Crippen MR) is 111 cm³/mol. The Morgan fingerprint density at radius 3 is 2.27 bits per heavy atom. The molecule has 166 valence electrons. The van der Waals surface area contributed by atoms with Crippen molar-refractivity contribution < 1.29 is 17.9 Å². The molecule has 0 amide bonds. The van der Waals surface area contributed by atoms with Gasteiger partial charge < -0.3 is 15.4 Å². The van der Waals surface area contributed by atoms with Crippen molar-refractivity contribution in [1.82, 2.24) is 20.4 Å². The van der Waals surface area contributed by atoms with Gasteiger partial charge >= 0.3 is 6.18 Å². The zero-order valence-corrected chi connectivity index (χ0v) is 17.9. The molecule has 0 spiro atoms. The lowest BCUT2D eigenvalue weighted by Crippen LogP contribution is -2.36. The molecule has 1 aromatic carbocycles. The molecule has 9 heteroatoms. The first-order valence-corrected chi connectivity index (χ1v) is 9.97. The minimum Gasteiger partial charge on any atom is -0.367 e. The molecule has 1 heterocycles. The number of ether oxygens (including phenoxy) is 1. The summed E-state index contributed by atoms with van der Waals surface area (Å²) < 4.78 is 43.0. The van der Waals surface area contributed by atoms with Crippen LogP contribution in [0.25, 0.3) is 0 Å². The number of benzene rings is 1. The fourth-order valence-electron chi connectivity index (χ4n) is 3.21. The minimum absolute atomic E-state index is 0.0684. The molecule has 0 bridgehead atoms. The number of rotatable bonds is 9. The molecule has 2 rings (SSSR count). The maximum Gasteiger partial charge on any atom is 0.411 e. The fraction of sp³-hybridized carbons (Fsp3) is 0.524. The predicted octanol–water partition coefficient (Wildman–Crippen LogP) is 3.49. The highest BCUT2D eigenvalue weighted by Crippen LogP contribution is 2.16. The molecule has 0 radical (unpaired) electrons. The first kappa shape index (κ1) is 23.7. The number of hydrogen-bond donors (Lipinski definition) is 2. The van der Waals surface area contributed by atoms with Crippen LogP contribution in [0.1, 0.15) is 41.9 Å². The summed E-state index contributed by atoms with van der Waals surface area (Å²) in [5, 5.41) is 11.2. The SMILES string of the molecule is CCc1nn(C)c(CC)c1CNC(=NC)NCc1ccc(COCC(F)(F)F)cc1. The summed E-state index contributed by atoms with van der Waals surface area (Å²) in [7, 11) is 3.67. The summed E-state index contributed by atoms with van der Waals surface area (Å²) in [4.78, 5) is 4.26. The van der Waals surface area contributed by atoms with E-state index in [1.807, 2.05) is 23.9 Å². The Morgan fingerprint density at radius 2 is 1.70 bits per heavy atom. The van der Waals surface area contributed by atoms with E-state index in [0.717, 1.165) is 24.1 Å². The normalized spacial score (nSPS) is 12.3. The van der Waals surface area contributed by atoms with Gasteiger partial charge in [-0.2, -0.15) is 18.3 Å². The second-order valence-corrected chi connectivity index (χ2v) is 6.91. The summed E-state index contributed by atoms with van der Waals surface area (Å²) in [6, 6.07) is 7.25. The van der Waals surface area contributed by atoms with Crippen molar-refractivity contribution >= 4 is 5.96 Å². The zero-order valence-electron chi connectivity index (χ0n) is 17.9. The molecular formula is C21H30F3N5O. The third-order valence-electron chi connectivity index (χ3n) is 4.70. The van der Waals surface area contributed by atoms with Gasteiger partial charge in [0.05, 0.1) is 12.3 Å². The zero-order chi connectivity index (χ0) is 22.1. The molecule has 1 aromatic heterocycles. The van der Waals surface area contributed by atoms with Crippen LogP contribution in [0.2, 0.25) is 0 Å². The third kappa shape index (κ3) is 7.05. The molecular weight excluding hydrogens is 395 g/mol. The lowest BCUT2D eigenvalue weighted by molar-refractivity contribution is -0.176. The average Bonchev–Trinajstić information content (AvgIpc) is 3.02. The summed E-state index contributed by atoms with van der Waals surface area (Å²) in [6.45, 7) is 4.07. The molecule has 0 saturated carbocycles. The first-order valence-electron chi connectivity index (χ1n) is 9.97. The molecule has 0 saturated heterocycles. The third-order valence-corrected chi connectivity index (χ3v) is 4.70. The van der Waals surface area contributed by atoms with Crippen LogP contribution in [0.5, 0.6) is 0 Å². The van der Waals surface area contributed by atoms with Crippen LogP contribution in [0.4, 0.5) is 13.2 Å². The van der Waals surface area contributed by atoms with Gasteiger partial charge in [-0.25, -0.2) is 0 Å². The van der Waals surface area contributed by atoms with E-state index in [1.165, 1.54) is 11.3 Å². The van der Waals surface area contributed by atoms with Gasteiger partial charge in [0.15, 0.2) is 5.96 Å². The van der Waals surface area contributed by atoms with Crippen molar-refractivity contribution in [2.45, 2.75) is 52.6 Å². The fourth-order valence-corrected chi connectivity index (χ4v) is 3.21. The van der Waals surface area contributed by atoms with Crippen molar-refractivity contribution in [3.63, 3.8) is 0 Å². The van der Waals surface area contributed by atoms with E-state index in [4.69, 9.17) is 0 Å². The topological polar surface area (TPSA) is 63.5 Å². The number of nitrogens with one attached hydrogen (secondary N) is 2. The number of aliphatic imine (C=N–C) groups is 1. The van der Waals surface area contributed by atoms with E-state index in [0.29, 0.717) is 24.6 Å². The van der Waals surface area contributed by atoms with Gasteiger partial charge in [0.2, 0.25) is 0 Å². The van der Waals surface area contributed by atoms with E-state index >= 15 is 0 Å². The van der Waals surface area contributed by atoms with Gasteiger partial charge in [0, 0.05) is 38.4 Å². The second kappa shape index (κ2) is 11.0. The van der Waals surface area contributed by atoms with E-state index in [1.54, 1.807) is 19.2 Å². The minimum atomic E-state index is -4.31. The van der Waals surface area contributed by atoms with E-state index in [9.17, 15) is 13.2 Å². The van der Waals surface area contributed by atoms with Crippen LogP contribution in [-0.4, -0.2) is 35.6 Å². The van der Waals surface area contributed by atoms with Crippen molar-refractivity contribution in [3.05, 3.63) is 52.3 Å². The molecule has 30 heavy (non-hydrogen) atoms. The molecule has 0 unspecified atom stereocenters. The number of guanidine groups is 1. The molecule has 0 aliphatic heterocycles. The van der Waals surface area contributed by atoms with Crippen LogP contribution in [-0.2, 0) is 44.3 Å². The highest BCUT2D eigenvalue weighted by atomic mass is 19.4. The van der Waals surface area contributed by atoms with Crippen LogP contribution < -0.4 is 10.6 Å². The van der Waals surface area contributed by atoms with Crippen molar-refractivity contribution in [2.24, 2.45) is 12.0 Å². The molecule has 0 fully saturated rings. The first-order chi connectivity index (χ1) is 14.3. The molecule has 0 aliphatic carbocycles. The number of aromatic nitrogens is 2. The average molecular weight is 425 g/mol. The monoisotopic (exact) mass is 425 g/mol. The molecule has 0 atom stereocenters. The van der Waals surface area contributed by atoms with E-state index in [-0.39, 0.29) is 6.61 Å². The van der Waals surface area contributed by atoms with Crippen LogP contribution in [0.3, 0.4) is 0 Å². The number of hydrogen-bond acceptors (Lipinski definition) is 3. The van der Waals surface area contributed by atoms with Gasteiger partial charge in [-0.05, 0) is 24.0 Å². The Labute approximate surface area is 175 Å². The standard InChI is InChI=1S/C21H30F3N5O/c1-5-18-17(19(6-2)29(4)28-18)12-27-20(25-3)26-11-15-7-9-16(10-8-15)13-30-14-21(22,23)24/h7-10H,5-6,11-14H2,1-4H3,(H2,25,26,27). The molecule has 2 aromatic rings. The summed E-state index contributed by atoms with van der Waals surface area (Å²) in [5.74, 6) is 0.667. The number of nitrogens with zero attached hydrogens (tertiary/aromatic N) is 3. The van der Waals surface area contributed by atoms with Crippen LogP contribution >= 0.6 is 0 Å². The molecule has 0 aliphatic rings.